The van der Waals surface area contributed by atoms with Crippen molar-refractivity contribution in [2.45, 2.75) is 40.0 Å². The Kier molecular flexibility index (Phi) is 2.61. The largest absolute Gasteiger partial charge is 0.382 e. The third-order valence-corrected chi connectivity index (χ3v) is 1.62. The maximum absolute atomic E-state index is 5.55. The monoisotopic (exact) mass is 183 g/mol. The maximum Gasteiger partial charge on any atom is 0.145 e. The van der Waals surface area contributed by atoms with E-state index in [-0.39, 0.29) is 5.60 Å². The van der Waals surface area contributed by atoms with Crippen LogP contribution in [0.2, 0.25) is 0 Å². The Balaban J connectivity index is 2.59. The highest BCUT2D eigenvalue weighted by atomic mass is 16.5. The van der Waals surface area contributed by atoms with Crippen LogP contribution in [-0.4, -0.2) is 15.4 Å². The molecule has 1 rings (SSSR count). The average Bonchev–Trinajstić information content (AvgIpc) is 2.24. The highest BCUT2D eigenvalue weighted by Crippen LogP contribution is 2.10. The summed E-state index contributed by atoms with van der Waals surface area (Å²) >= 11 is 0. The summed E-state index contributed by atoms with van der Waals surface area (Å²) in [5.41, 5.74) is 6.40. The van der Waals surface area contributed by atoms with Crippen LogP contribution in [0.15, 0.2) is 6.07 Å². The van der Waals surface area contributed by atoms with Gasteiger partial charge in [0.25, 0.3) is 0 Å². The third-order valence-electron chi connectivity index (χ3n) is 1.62. The van der Waals surface area contributed by atoms with E-state index >= 15 is 0 Å². The van der Waals surface area contributed by atoms with Gasteiger partial charge in [-0.2, -0.15) is 5.10 Å². The topological polar surface area (TPSA) is 53.1 Å². The first-order valence-electron chi connectivity index (χ1n) is 4.32. The molecular weight excluding hydrogens is 166 g/mol. The molecular formula is C9H17N3O. The number of hydrogen-bond donors (Lipinski definition) is 1. The Hall–Kier alpha value is -1.03. The molecule has 0 aliphatic carbocycles. The molecule has 2 N–H and O–H groups in total. The van der Waals surface area contributed by atoms with E-state index in [1.165, 1.54) is 0 Å². The summed E-state index contributed by atoms with van der Waals surface area (Å²) in [6.07, 6.45) is 0. The molecule has 0 aromatic carbocycles. The fourth-order valence-corrected chi connectivity index (χ4v) is 0.921. The van der Waals surface area contributed by atoms with Gasteiger partial charge >= 0.3 is 0 Å². The standard InChI is InChI=1S/C9H17N3O/c1-7-5-8(10)11-12(7)6-13-9(2,3)4/h5H,6H2,1-4H3,(H2,10,11). The molecule has 1 aromatic heterocycles. The number of aryl methyl sites for hydroxylation is 1. The fraction of sp³-hybridized carbons (Fsp3) is 0.667. The highest BCUT2D eigenvalue weighted by Gasteiger charge is 2.11. The molecule has 0 fully saturated rings. The van der Waals surface area contributed by atoms with Gasteiger partial charge in [0, 0.05) is 11.8 Å². The fourth-order valence-electron chi connectivity index (χ4n) is 0.921. The number of nitrogen functional groups attached to an aromatic ring is 1. The van der Waals surface area contributed by atoms with Crippen molar-refractivity contribution >= 4 is 5.82 Å². The maximum atomic E-state index is 5.55. The molecule has 0 unspecified atom stereocenters. The van der Waals surface area contributed by atoms with Crippen molar-refractivity contribution in [3.05, 3.63) is 11.8 Å². The van der Waals surface area contributed by atoms with Crippen LogP contribution in [0.4, 0.5) is 5.82 Å². The zero-order valence-corrected chi connectivity index (χ0v) is 8.66. The lowest BCUT2D eigenvalue weighted by Gasteiger charge is -2.19. The van der Waals surface area contributed by atoms with Gasteiger partial charge in [0.2, 0.25) is 0 Å². The lowest BCUT2D eigenvalue weighted by molar-refractivity contribution is -0.0485. The second-order valence-corrected chi connectivity index (χ2v) is 4.10. The van der Waals surface area contributed by atoms with Crippen LogP contribution >= 0.6 is 0 Å². The quantitative estimate of drug-likeness (QED) is 0.756. The molecule has 0 saturated heterocycles. The van der Waals surface area contributed by atoms with Crippen molar-refractivity contribution in [2.75, 3.05) is 5.73 Å². The van der Waals surface area contributed by atoms with Crippen molar-refractivity contribution in [2.24, 2.45) is 0 Å². The molecule has 4 nitrogen and oxygen atoms in total. The van der Waals surface area contributed by atoms with Gasteiger partial charge < -0.3 is 10.5 Å². The van der Waals surface area contributed by atoms with Crippen LogP contribution < -0.4 is 5.73 Å². The Morgan fingerprint density at radius 2 is 2.15 bits per heavy atom. The van der Waals surface area contributed by atoms with E-state index in [1.807, 2.05) is 33.8 Å². The molecule has 0 saturated carbocycles. The van der Waals surface area contributed by atoms with Gasteiger partial charge in [0.15, 0.2) is 0 Å². The summed E-state index contributed by atoms with van der Waals surface area (Å²) in [5.74, 6) is 0.537. The molecule has 0 amide bonds. The molecule has 0 radical (unpaired) electrons. The number of rotatable bonds is 2. The lowest BCUT2D eigenvalue weighted by atomic mass is 10.2. The summed E-state index contributed by atoms with van der Waals surface area (Å²) in [5, 5.41) is 4.08. The van der Waals surface area contributed by atoms with Gasteiger partial charge in [-0.3, -0.25) is 0 Å². The zero-order chi connectivity index (χ0) is 10.1. The smallest absolute Gasteiger partial charge is 0.145 e. The number of nitrogens with zero attached hydrogens (tertiary/aromatic N) is 2. The van der Waals surface area contributed by atoms with Gasteiger partial charge in [-0.25, -0.2) is 4.68 Å². The molecule has 4 heteroatoms. The van der Waals surface area contributed by atoms with Crippen LogP contribution in [0.25, 0.3) is 0 Å². The third kappa shape index (κ3) is 3.06. The van der Waals surface area contributed by atoms with Crippen LogP contribution in [0.3, 0.4) is 0 Å². The van der Waals surface area contributed by atoms with Gasteiger partial charge in [0.05, 0.1) is 5.60 Å². The average molecular weight is 183 g/mol. The Morgan fingerprint density at radius 3 is 2.54 bits per heavy atom. The highest BCUT2D eigenvalue weighted by molar-refractivity contribution is 5.28. The Morgan fingerprint density at radius 1 is 1.54 bits per heavy atom. The molecule has 0 bridgehead atoms. The number of hydrogen-bond acceptors (Lipinski definition) is 3. The van der Waals surface area contributed by atoms with Crippen molar-refractivity contribution in [3.8, 4) is 0 Å². The molecule has 0 spiro atoms. The van der Waals surface area contributed by atoms with E-state index in [2.05, 4.69) is 5.10 Å². The molecule has 1 aromatic rings. The predicted molar refractivity (Wildman–Crippen MR) is 52.2 cm³/mol. The summed E-state index contributed by atoms with van der Waals surface area (Å²) < 4.78 is 7.31. The van der Waals surface area contributed by atoms with E-state index < -0.39 is 0 Å². The van der Waals surface area contributed by atoms with Gasteiger partial charge in [-0.05, 0) is 27.7 Å². The number of ether oxygens (including phenoxy) is 1. The molecule has 0 aliphatic rings. The van der Waals surface area contributed by atoms with E-state index in [1.54, 1.807) is 4.68 Å². The van der Waals surface area contributed by atoms with Crippen molar-refractivity contribution in [3.63, 3.8) is 0 Å². The number of aromatic nitrogens is 2. The minimum Gasteiger partial charge on any atom is -0.382 e. The van der Waals surface area contributed by atoms with Gasteiger partial charge in [0.1, 0.15) is 12.5 Å². The summed E-state index contributed by atoms with van der Waals surface area (Å²) in [4.78, 5) is 0. The Bertz CT molecular complexity index is 286. The van der Waals surface area contributed by atoms with E-state index in [0.717, 1.165) is 5.69 Å². The first kappa shape index (κ1) is 10.1. The van der Waals surface area contributed by atoms with Gasteiger partial charge in [-0.1, -0.05) is 0 Å². The predicted octanol–water partition coefficient (Wildman–Crippen LogP) is 1.55. The summed E-state index contributed by atoms with van der Waals surface area (Å²) in [6, 6.07) is 1.83. The number of anilines is 1. The normalized spacial score (nSPS) is 12.0. The minimum absolute atomic E-state index is 0.146. The molecule has 0 aliphatic heterocycles. The molecule has 1 heterocycles. The first-order valence-corrected chi connectivity index (χ1v) is 4.32. The van der Waals surface area contributed by atoms with Crippen molar-refractivity contribution in [1.82, 2.24) is 9.78 Å². The van der Waals surface area contributed by atoms with Crippen LogP contribution in [0.1, 0.15) is 26.5 Å². The minimum atomic E-state index is -0.146. The van der Waals surface area contributed by atoms with Crippen molar-refractivity contribution < 1.29 is 4.74 Å². The SMILES string of the molecule is Cc1cc(N)nn1COC(C)(C)C. The second-order valence-electron chi connectivity index (χ2n) is 4.10. The van der Waals surface area contributed by atoms with E-state index in [4.69, 9.17) is 10.5 Å². The molecule has 0 atom stereocenters. The first-order chi connectivity index (χ1) is 5.88. The van der Waals surface area contributed by atoms with Crippen LogP contribution in [0.5, 0.6) is 0 Å². The number of nitrogens with two attached hydrogens (primary N) is 1. The summed E-state index contributed by atoms with van der Waals surface area (Å²) in [6.45, 7) is 8.43. The van der Waals surface area contributed by atoms with Gasteiger partial charge in [-0.15, -0.1) is 0 Å². The zero-order valence-electron chi connectivity index (χ0n) is 8.66. The second kappa shape index (κ2) is 3.38. The van der Waals surface area contributed by atoms with Crippen molar-refractivity contribution in [1.29, 1.82) is 0 Å². The molecule has 13 heavy (non-hydrogen) atoms. The van der Waals surface area contributed by atoms with E-state index in [9.17, 15) is 0 Å². The van der Waals surface area contributed by atoms with Crippen LogP contribution in [0, 0.1) is 6.92 Å². The molecule has 74 valence electrons. The summed E-state index contributed by atoms with van der Waals surface area (Å²) in [7, 11) is 0. The lowest BCUT2D eigenvalue weighted by Crippen LogP contribution is -2.22. The van der Waals surface area contributed by atoms with Crippen LogP contribution in [-0.2, 0) is 11.5 Å². The van der Waals surface area contributed by atoms with E-state index in [0.29, 0.717) is 12.5 Å². The Labute approximate surface area is 78.7 Å².